The number of hydrogen-bond acceptors (Lipinski definition) is 6. The number of aliphatic hydroxyl groups excluding tert-OH is 1. The summed E-state index contributed by atoms with van der Waals surface area (Å²) in [6, 6.07) is 12.5. The average molecular weight is 659 g/mol. The van der Waals surface area contributed by atoms with Gasteiger partial charge in [0.2, 0.25) is 11.8 Å². The van der Waals surface area contributed by atoms with Gasteiger partial charge in [0.25, 0.3) is 0 Å². The highest BCUT2D eigenvalue weighted by atomic mass is 16.5. The molecule has 9 nitrogen and oxygen atoms in total. The molecular formula is C39H54N4O5. The fourth-order valence-electron chi connectivity index (χ4n) is 7.00. The molecule has 1 saturated carbocycles. The summed E-state index contributed by atoms with van der Waals surface area (Å²) in [5, 5.41) is 19.6. The van der Waals surface area contributed by atoms with Gasteiger partial charge >= 0.3 is 5.97 Å². The van der Waals surface area contributed by atoms with Gasteiger partial charge in [-0.25, -0.2) is 4.98 Å². The van der Waals surface area contributed by atoms with Gasteiger partial charge in [0.05, 0.1) is 31.0 Å². The molecule has 0 spiro atoms. The van der Waals surface area contributed by atoms with E-state index in [1.54, 1.807) is 13.1 Å². The summed E-state index contributed by atoms with van der Waals surface area (Å²) in [4.78, 5) is 48.0. The van der Waals surface area contributed by atoms with Crippen LogP contribution in [0.4, 0.5) is 0 Å². The highest BCUT2D eigenvalue weighted by Crippen LogP contribution is 2.30. The highest BCUT2D eigenvalue weighted by Gasteiger charge is 2.32. The number of imidazole rings is 1. The smallest absolute Gasteiger partial charge is 0.309 e. The molecule has 4 rings (SSSR count). The fourth-order valence-corrected chi connectivity index (χ4v) is 7.00. The van der Waals surface area contributed by atoms with Crippen LogP contribution < -0.4 is 10.6 Å². The van der Waals surface area contributed by atoms with Crippen LogP contribution >= 0.6 is 0 Å². The third-order valence-corrected chi connectivity index (χ3v) is 9.81. The zero-order valence-corrected chi connectivity index (χ0v) is 28.8. The van der Waals surface area contributed by atoms with E-state index in [0.29, 0.717) is 36.8 Å². The van der Waals surface area contributed by atoms with E-state index in [-0.39, 0.29) is 31.3 Å². The Morgan fingerprint density at radius 2 is 1.81 bits per heavy atom. The molecule has 0 radical (unpaired) electrons. The minimum Gasteiger partial charge on any atom is -0.466 e. The normalized spacial score (nSPS) is 16.9. The lowest BCUT2D eigenvalue weighted by molar-refractivity contribution is -0.149. The molecule has 1 heterocycles. The Hall–Kier alpha value is -3.98. The molecule has 0 saturated heterocycles. The van der Waals surface area contributed by atoms with Gasteiger partial charge in [-0.2, -0.15) is 0 Å². The van der Waals surface area contributed by atoms with Gasteiger partial charge in [0.1, 0.15) is 6.04 Å². The topological polar surface area (TPSA) is 133 Å². The molecule has 9 heteroatoms. The predicted octanol–water partition coefficient (Wildman–Crippen LogP) is 6.07. The van der Waals surface area contributed by atoms with Gasteiger partial charge in [-0.3, -0.25) is 14.4 Å². The lowest BCUT2D eigenvalue weighted by atomic mass is 9.81. The van der Waals surface area contributed by atoms with Crippen LogP contribution in [0.25, 0.3) is 10.8 Å². The minimum atomic E-state index is -0.945. The number of carbonyl (C=O) groups excluding carboxylic acids is 3. The van der Waals surface area contributed by atoms with Crippen LogP contribution in [-0.2, 0) is 32.0 Å². The second kappa shape index (κ2) is 18.5. The number of aliphatic hydroxyl groups is 1. The van der Waals surface area contributed by atoms with Gasteiger partial charge in [-0.1, -0.05) is 94.5 Å². The highest BCUT2D eigenvalue weighted by molar-refractivity contribution is 5.90. The van der Waals surface area contributed by atoms with Crippen molar-refractivity contribution >= 4 is 28.6 Å². The van der Waals surface area contributed by atoms with E-state index in [1.807, 2.05) is 48.5 Å². The molecule has 260 valence electrons. The summed E-state index contributed by atoms with van der Waals surface area (Å²) in [6.45, 7) is 10.1. The number of benzene rings is 2. The van der Waals surface area contributed by atoms with Crippen LogP contribution in [0.1, 0.15) is 83.4 Å². The van der Waals surface area contributed by atoms with Crippen molar-refractivity contribution in [3.63, 3.8) is 0 Å². The van der Waals surface area contributed by atoms with E-state index in [9.17, 15) is 19.5 Å². The summed E-state index contributed by atoms with van der Waals surface area (Å²) in [7, 11) is 0. The molecule has 1 fully saturated rings. The number of H-pyrrole nitrogens is 1. The number of esters is 1. The monoisotopic (exact) mass is 658 g/mol. The lowest BCUT2D eigenvalue weighted by Crippen LogP contribution is -2.54. The quantitative estimate of drug-likeness (QED) is 0.0969. The van der Waals surface area contributed by atoms with E-state index < -0.39 is 36.0 Å². The molecule has 2 amide bonds. The van der Waals surface area contributed by atoms with Gasteiger partial charge in [0.15, 0.2) is 0 Å². The second-order valence-corrected chi connectivity index (χ2v) is 13.7. The molecule has 0 aliphatic heterocycles. The molecule has 48 heavy (non-hydrogen) atoms. The zero-order valence-electron chi connectivity index (χ0n) is 28.8. The number of nitrogens with one attached hydrogen (secondary N) is 3. The summed E-state index contributed by atoms with van der Waals surface area (Å²) in [5.74, 6) is -1.17. The van der Waals surface area contributed by atoms with Crippen molar-refractivity contribution in [2.24, 2.45) is 23.7 Å². The number of rotatable bonds is 18. The van der Waals surface area contributed by atoms with Gasteiger partial charge in [-0.15, -0.1) is 6.58 Å². The van der Waals surface area contributed by atoms with Crippen molar-refractivity contribution in [1.29, 1.82) is 0 Å². The first-order valence-corrected chi connectivity index (χ1v) is 17.7. The Bertz CT molecular complexity index is 1460. The van der Waals surface area contributed by atoms with Crippen molar-refractivity contribution in [3.05, 3.63) is 78.9 Å². The molecule has 5 atom stereocenters. The molecule has 1 aromatic heterocycles. The molecule has 1 aliphatic rings. The van der Waals surface area contributed by atoms with E-state index in [1.165, 1.54) is 12.7 Å². The van der Waals surface area contributed by atoms with Crippen LogP contribution in [0, 0.1) is 23.7 Å². The van der Waals surface area contributed by atoms with Crippen LogP contribution in [0.2, 0.25) is 0 Å². The fraction of sp³-hybridized carbons (Fsp3) is 0.538. The van der Waals surface area contributed by atoms with Crippen molar-refractivity contribution in [2.45, 2.75) is 103 Å². The maximum Gasteiger partial charge on any atom is 0.309 e. The number of amides is 2. The van der Waals surface area contributed by atoms with Gasteiger partial charge in [-0.05, 0) is 60.3 Å². The summed E-state index contributed by atoms with van der Waals surface area (Å²) < 4.78 is 5.39. The summed E-state index contributed by atoms with van der Waals surface area (Å²) in [5.41, 5.74) is 1.63. The summed E-state index contributed by atoms with van der Waals surface area (Å²) in [6.07, 6.45) is 11.5. The number of fused-ring (bicyclic) bond motifs is 1. The lowest BCUT2D eigenvalue weighted by Gasteiger charge is -2.33. The van der Waals surface area contributed by atoms with Gasteiger partial charge in [0, 0.05) is 24.7 Å². The van der Waals surface area contributed by atoms with Gasteiger partial charge < -0.3 is 25.5 Å². The van der Waals surface area contributed by atoms with Crippen LogP contribution in [-0.4, -0.2) is 57.7 Å². The van der Waals surface area contributed by atoms with E-state index in [2.05, 4.69) is 41.0 Å². The van der Waals surface area contributed by atoms with Crippen LogP contribution in [0.3, 0.4) is 0 Å². The molecule has 1 aliphatic carbocycles. The SMILES string of the molecule is C=C[C@@H](C[C@H](O)[C@H](CC1CCCCC1)NC(=O)[C@H](Cc1cnc[nH]1)NC(=O)CC(Cc1cccc2ccccc12)C(=O)OCC)C(C)C. The Morgan fingerprint density at radius 1 is 1.06 bits per heavy atom. The largest absolute Gasteiger partial charge is 0.466 e. The molecule has 4 N–H and O–H groups in total. The Kier molecular flexibility index (Phi) is 14.2. The van der Waals surface area contributed by atoms with Crippen molar-refractivity contribution in [1.82, 2.24) is 20.6 Å². The van der Waals surface area contributed by atoms with Crippen molar-refractivity contribution in [3.8, 4) is 0 Å². The Labute approximate surface area is 285 Å². The number of carbonyl (C=O) groups is 3. The number of allylic oxidation sites excluding steroid dienone is 1. The molecular weight excluding hydrogens is 604 g/mol. The summed E-state index contributed by atoms with van der Waals surface area (Å²) >= 11 is 0. The molecule has 3 aromatic rings. The van der Waals surface area contributed by atoms with Crippen LogP contribution in [0.15, 0.2) is 67.6 Å². The van der Waals surface area contributed by atoms with Crippen molar-refractivity contribution < 1.29 is 24.2 Å². The van der Waals surface area contributed by atoms with E-state index in [4.69, 9.17) is 4.74 Å². The maximum absolute atomic E-state index is 14.0. The number of nitrogens with zero attached hydrogens (tertiary/aromatic N) is 1. The third kappa shape index (κ3) is 10.8. The first-order valence-electron chi connectivity index (χ1n) is 17.7. The first-order chi connectivity index (χ1) is 23.2. The Balaban J connectivity index is 1.52. The second-order valence-electron chi connectivity index (χ2n) is 13.7. The number of aromatic nitrogens is 2. The number of ether oxygens (including phenoxy) is 1. The van der Waals surface area contributed by atoms with Crippen molar-refractivity contribution in [2.75, 3.05) is 6.61 Å². The molecule has 1 unspecified atom stereocenters. The predicted molar refractivity (Wildman–Crippen MR) is 189 cm³/mol. The minimum absolute atomic E-state index is 0.104. The van der Waals surface area contributed by atoms with Crippen LogP contribution in [0.5, 0.6) is 0 Å². The first kappa shape index (κ1) is 36.8. The number of aromatic amines is 1. The van der Waals surface area contributed by atoms with E-state index in [0.717, 1.165) is 42.0 Å². The maximum atomic E-state index is 14.0. The zero-order chi connectivity index (χ0) is 34.5. The third-order valence-electron chi connectivity index (χ3n) is 9.81. The average Bonchev–Trinajstić information content (AvgIpc) is 3.60. The molecule has 2 aromatic carbocycles. The number of hydrogen-bond donors (Lipinski definition) is 4. The Morgan fingerprint density at radius 3 is 2.50 bits per heavy atom. The standard InChI is InChI=1S/C39H54N4O5/c1-5-28(26(3)4)21-36(44)34(19-27-13-8-7-9-14-27)43-38(46)35(23-32-24-40-25-41-32)42-37(45)22-31(39(47)48-6-2)20-30-17-12-16-29-15-10-11-18-33(29)30/h5,10-12,15-18,24-28,31,34-36,44H,1,6-9,13-14,19-23H2,2-4H3,(H,40,41)(H,42,45)(H,43,46)/t28-,31?,34-,35-,36-/m0/s1. The molecule has 0 bridgehead atoms. The van der Waals surface area contributed by atoms with E-state index >= 15 is 0 Å².